The van der Waals surface area contributed by atoms with Crippen molar-refractivity contribution in [3.63, 3.8) is 0 Å². The number of methoxy groups -OCH3 is 1. The van der Waals surface area contributed by atoms with E-state index in [9.17, 15) is 0 Å². The summed E-state index contributed by atoms with van der Waals surface area (Å²) < 4.78 is 5.12. The second-order valence-corrected chi connectivity index (χ2v) is 5.76. The lowest BCUT2D eigenvalue weighted by Crippen LogP contribution is -2.22. The average molecular weight is 340 g/mol. The molecular formula is C19H18ClN3O. The molecule has 4 nitrogen and oxygen atoms in total. The lowest BCUT2D eigenvalue weighted by atomic mass is 10.1. The van der Waals surface area contributed by atoms with Crippen molar-refractivity contribution < 1.29 is 4.74 Å². The van der Waals surface area contributed by atoms with Gasteiger partial charge in [-0.2, -0.15) is 0 Å². The van der Waals surface area contributed by atoms with Crippen LogP contribution in [0.5, 0.6) is 5.75 Å². The highest BCUT2D eigenvalue weighted by atomic mass is 35.5. The summed E-state index contributed by atoms with van der Waals surface area (Å²) >= 11 is 6.10. The average Bonchev–Trinajstić information content (AvgIpc) is 2.60. The highest BCUT2D eigenvalue weighted by Crippen LogP contribution is 2.27. The van der Waals surface area contributed by atoms with Gasteiger partial charge in [-0.15, -0.1) is 0 Å². The Labute approximate surface area is 145 Å². The van der Waals surface area contributed by atoms with Gasteiger partial charge in [0.05, 0.1) is 18.7 Å². The lowest BCUT2D eigenvalue weighted by Gasteiger charge is -2.08. The molecule has 122 valence electrons. The molecule has 5 heteroatoms. The van der Waals surface area contributed by atoms with Crippen LogP contribution >= 0.6 is 11.6 Å². The molecule has 0 aliphatic rings. The molecule has 3 N–H and O–H groups in total. The Kier molecular flexibility index (Phi) is 4.87. The minimum atomic E-state index is 0.337. The summed E-state index contributed by atoms with van der Waals surface area (Å²) in [5.74, 6) is 0.957. The first-order valence-electron chi connectivity index (χ1n) is 7.54. The van der Waals surface area contributed by atoms with E-state index in [1.807, 2.05) is 18.2 Å². The molecule has 3 aromatic carbocycles. The van der Waals surface area contributed by atoms with Crippen molar-refractivity contribution in [1.82, 2.24) is 0 Å². The smallest absolute Gasteiger partial charge is 0.193 e. The molecule has 3 rings (SSSR count). The second kappa shape index (κ2) is 7.23. The van der Waals surface area contributed by atoms with Crippen LogP contribution in [-0.2, 0) is 6.54 Å². The fourth-order valence-electron chi connectivity index (χ4n) is 2.45. The van der Waals surface area contributed by atoms with Gasteiger partial charge in [-0.1, -0.05) is 48.0 Å². The largest absolute Gasteiger partial charge is 0.495 e. The predicted molar refractivity (Wildman–Crippen MR) is 101 cm³/mol. The molecule has 0 bridgehead atoms. The molecule has 0 spiro atoms. The van der Waals surface area contributed by atoms with Crippen LogP contribution in [0.3, 0.4) is 0 Å². The zero-order valence-corrected chi connectivity index (χ0v) is 14.0. The number of ether oxygens (including phenoxy) is 1. The van der Waals surface area contributed by atoms with Crippen molar-refractivity contribution in [2.45, 2.75) is 6.54 Å². The van der Waals surface area contributed by atoms with Gasteiger partial charge in [-0.05, 0) is 40.6 Å². The summed E-state index contributed by atoms with van der Waals surface area (Å²) in [6.45, 7) is 0.507. The summed E-state index contributed by atoms with van der Waals surface area (Å²) in [5, 5.41) is 5.95. The fraction of sp³-hybridized carbons (Fsp3) is 0.105. The van der Waals surface area contributed by atoms with Crippen LogP contribution in [0.2, 0.25) is 5.02 Å². The summed E-state index contributed by atoms with van der Waals surface area (Å²) in [4.78, 5) is 4.38. The summed E-state index contributed by atoms with van der Waals surface area (Å²) in [6.07, 6.45) is 0. The molecule has 0 fully saturated rings. The number of hydrogen-bond acceptors (Lipinski definition) is 2. The van der Waals surface area contributed by atoms with Gasteiger partial charge in [0, 0.05) is 5.69 Å². The first-order chi connectivity index (χ1) is 11.7. The molecule has 24 heavy (non-hydrogen) atoms. The van der Waals surface area contributed by atoms with Gasteiger partial charge in [0.25, 0.3) is 0 Å². The molecule has 3 aromatic rings. The summed E-state index contributed by atoms with van der Waals surface area (Å²) in [7, 11) is 1.58. The van der Waals surface area contributed by atoms with E-state index in [0.717, 1.165) is 11.3 Å². The first-order valence-corrected chi connectivity index (χ1v) is 7.91. The van der Waals surface area contributed by atoms with Gasteiger partial charge in [0.2, 0.25) is 0 Å². The van der Waals surface area contributed by atoms with Crippen molar-refractivity contribution >= 4 is 34.0 Å². The minimum Gasteiger partial charge on any atom is -0.495 e. The van der Waals surface area contributed by atoms with E-state index in [-0.39, 0.29) is 0 Å². The molecule has 0 saturated carbocycles. The molecule has 0 heterocycles. The van der Waals surface area contributed by atoms with Crippen LogP contribution < -0.4 is 15.8 Å². The topological polar surface area (TPSA) is 59.6 Å². The molecule has 0 saturated heterocycles. The molecule has 0 aliphatic carbocycles. The third kappa shape index (κ3) is 3.78. The van der Waals surface area contributed by atoms with E-state index in [1.165, 1.54) is 10.8 Å². The zero-order valence-electron chi connectivity index (χ0n) is 13.3. The predicted octanol–water partition coefficient (Wildman–Crippen LogP) is 4.43. The maximum Gasteiger partial charge on any atom is 0.193 e. The SMILES string of the molecule is COc1ccc(NC(N)=NCc2ccc3ccccc3c2)cc1Cl. The van der Waals surface area contributed by atoms with E-state index in [2.05, 4.69) is 40.6 Å². The third-order valence-corrected chi connectivity index (χ3v) is 3.97. The number of halogens is 1. The molecule has 0 atom stereocenters. The number of nitrogens with two attached hydrogens (primary N) is 1. The molecule has 0 unspecified atom stereocenters. The normalized spacial score (nSPS) is 11.5. The Morgan fingerprint density at radius 2 is 1.88 bits per heavy atom. The van der Waals surface area contributed by atoms with E-state index in [0.29, 0.717) is 23.3 Å². The number of guanidine groups is 1. The Hall–Kier alpha value is -2.72. The standard InChI is InChI=1S/C19H18ClN3O/c1-24-18-9-8-16(11-17(18)20)23-19(21)22-12-13-6-7-14-4-2-3-5-15(14)10-13/h2-11H,12H2,1H3,(H3,21,22,23). The second-order valence-electron chi connectivity index (χ2n) is 5.36. The van der Waals surface area contributed by atoms with Gasteiger partial charge < -0.3 is 15.8 Å². The van der Waals surface area contributed by atoms with Crippen LogP contribution in [0.1, 0.15) is 5.56 Å². The van der Waals surface area contributed by atoms with Crippen LogP contribution in [0.15, 0.2) is 65.7 Å². The van der Waals surface area contributed by atoms with Crippen LogP contribution in [0.25, 0.3) is 10.8 Å². The highest BCUT2D eigenvalue weighted by molar-refractivity contribution is 6.32. The van der Waals surface area contributed by atoms with E-state index >= 15 is 0 Å². The van der Waals surface area contributed by atoms with E-state index < -0.39 is 0 Å². The maximum atomic E-state index is 6.10. The monoisotopic (exact) mass is 339 g/mol. The van der Waals surface area contributed by atoms with Crippen molar-refractivity contribution in [2.75, 3.05) is 12.4 Å². The zero-order chi connectivity index (χ0) is 16.9. The van der Waals surface area contributed by atoms with Crippen molar-refractivity contribution in [2.24, 2.45) is 10.7 Å². The Morgan fingerprint density at radius 3 is 2.62 bits per heavy atom. The Morgan fingerprint density at radius 1 is 1.08 bits per heavy atom. The summed E-state index contributed by atoms with van der Waals surface area (Å²) in [5.41, 5.74) is 7.82. The Bertz CT molecular complexity index is 893. The number of nitrogens with one attached hydrogen (secondary N) is 1. The fourth-order valence-corrected chi connectivity index (χ4v) is 2.70. The van der Waals surface area contributed by atoms with Crippen LogP contribution in [0, 0.1) is 0 Å². The van der Waals surface area contributed by atoms with Gasteiger partial charge in [-0.25, -0.2) is 4.99 Å². The number of benzene rings is 3. The van der Waals surface area contributed by atoms with E-state index in [1.54, 1.807) is 19.2 Å². The van der Waals surface area contributed by atoms with Gasteiger partial charge in [-0.3, -0.25) is 0 Å². The number of hydrogen-bond donors (Lipinski definition) is 2. The third-order valence-electron chi connectivity index (χ3n) is 3.67. The summed E-state index contributed by atoms with van der Waals surface area (Å²) in [6, 6.07) is 19.9. The number of rotatable bonds is 4. The molecule has 0 aliphatic heterocycles. The highest BCUT2D eigenvalue weighted by Gasteiger charge is 2.03. The molecular weight excluding hydrogens is 322 g/mol. The minimum absolute atomic E-state index is 0.337. The van der Waals surface area contributed by atoms with Crippen LogP contribution in [-0.4, -0.2) is 13.1 Å². The quantitative estimate of drug-likeness (QED) is 0.546. The Balaban J connectivity index is 1.70. The number of anilines is 1. The number of nitrogens with zero attached hydrogens (tertiary/aromatic N) is 1. The molecule has 0 aromatic heterocycles. The van der Waals surface area contributed by atoms with Crippen LogP contribution in [0.4, 0.5) is 5.69 Å². The first kappa shape index (κ1) is 16.1. The maximum absolute atomic E-state index is 6.10. The van der Waals surface area contributed by atoms with E-state index in [4.69, 9.17) is 22.1 Å². The van der Waals surface area contributed by atoms with Crippen molar-refractivity contribution in [1.29, 1.82) is 0 Å². The van der Waals surface area contributed by atoms with Crippen molar-refractivity contribution in [3.8, 4) is 5.75 Å². The number of fused-ring (bicyclic) bond motifs is 1. The van der Waals surface area contributed by atoms with Gasteiger partial charge in [0.1, 0.15) is 5.75 Å². The van der Waals surface area contributed by atoms with Gasteiger partial charge in [0.15, 0.2) is 5.96 Å². The van der Waals surface area contributed by atoms with Gasteiger partial charge >= 0.3 is 0 Å². The molecule has 0 radical (unpaired) electrons. The molecule has 0 amide bonds. The number of aliphatic imine (C=N–C) groups is 1. The lowest BCUT2D eigenvalue weighted by molar-refractivity contribution is 0.415. The van der Waals surface area contributed by atoms with Crippen molar-refractivity contribution in [3.05, 3.63) is 71.2 Å².